The van der Waals surface area contributed by atoms with Crippen molar-refractivity contribution in [1.29, 1.82) is 0 Å². The van der Waals surface area contributed by atoms with E-state index >= 15 is 0 Å². The number of aryl methyl sites for hydroxylation is 1. The van der Waals surface area contributed by atoms with Crippen LogP contribution in [0, 0.1) is 0 Å². The molecule has 1 N–H and O–H groups in total. The molecule has 0 heterocycles. The van der Waals surface area contributed by atoms with Crippen LogP contribution in [0.3, 0.4) is 0 Å². The first kappa shape index (κ1) is 15.2. The molecule has 0 aliphatic heterocycles. The van der Waals surface area contributed by atoms with Crippen LogP contribution in [0.15, 0.2) is 24.3 Å². The fraction of sp³-hybridized carbons (Fsp3) is 0.625. The Kier molecular flexibility index (Phi) is 6.99. The molecule has 0 fully saturated rings. The lowest BCUT2D eigenvalue weighted by Gasteiger charge is -2.24. The molecule has 0 aliphatic rings. The van der Waals surface area contributed by atoms with Crippen LogP contribution in [0.2, 0.25) is 0 Å². The molecular formula is C16H27NO. The molecule has 102 valence electrons. The van der Waals surface area contributed by atoms with Crippen molar-refractivity contribution in [2.45, 2.75) is 52.2 Å². The van der Waals surface area contributed by atoms with E-state index < -0.39 is 0 Å². The molecule has 0 aromatic heterocycles. The van der Waals surface area contributed by atoms with Crippen LogP contribution < -0.4 is 5.32 Å². The number of rotatable bonds is 8. The van der Waals surface area contributed by atoms with Gasteiger partial charge in [0.2, 0.25) is 0 Å². The molecule has 2 atom stereocenters. The highest BCUT2D eigenvalue weighted by molar-refractivity contribution is 5.25. The number of likely N-dealkylation sites (N-methyl/N-ethyl adjacent to an activating group) is 1. The first-order chi connectivity index (χ1) is 8.72. The van der Waals surface area contributed by atoms with E-state index in [1.807, 2.05) is 7.05 Å². The lowest BCUT2D eigenvalue weighted by molar-refractivity contribution is 0.0387. The Morgan fingerprint density at radius 3 is 2.33 bits per heavy atom. The Bertz CT molecular complexity index is 320. The van der Waals surface area contributed by atoms with Gasteiger partial charge in [0.15, 0.2) is 0 Å². The zero-order chi connectivity index (χ0) is 13.4. The van der Waals surface area contributed by atoms with Crippen LogP contribution in [0.25, 0.3) is 0 Å². The van der Waals surface area contributed by atoms with Crippen LogP contribution >= 0.6 is 0 Å². The highest BCUT2D eigenvalue weighted by Crippen LogP contribution is 2.20. The molecular weight excluding hydrogens is 222 g/mol. The second kappa shape index (κ2) is 8.28. The van der Waals surface area contributed by atoms with Gasteiger partial charge in [0.05, 0.1) is 12.1 Å². The first-order valence-corrected chi connectivity index (χ1v) is 7.10. The third-order valence-electron chi connectivity index (χ3n) is 3.41. The van der Waals surface area contributed by atoms with Gasteiger partial charge in [-0.25, -0.2) is 0 Å². The van der Waals surface area contributed by atoms with Gasteiger partial charge in [0, 0.05) is 6.61 Å². The summed E-state index contributed by atoms with van der Waals surface area (Å²) < 4.78 is 5.88. The maximum absolute atomic E-state index is 5.88. The second-order valence-corrected chi connectivity index (χ2v) is 4.79. The van der Waals surface area contributed by atoms with Crippen molar-refractivity contribution in [2.75, 3.05) is 13.7 Å². The Balaban J connectivity index is 2.62. The Hall–Kier alpha value is -0.860. The molecule has 0 amide bonds. The van der Waals surface area contributed by atoms with E-state index in [1.165, 1.54) is 17.5 Å². The minimum absolute atomic E-state index is 0.203. The SMILES string of the molecule is CCCCOC(C)C(NC)c1ccc(CC)cc1. The summed E-state index contributed by atoms with van der Waals surface area (Å²) in [6.45, 7) is 7.36. The van der Waals surface area contributed by atoms with E-state index in [4.69, 9.17) is 4.74 Å². The molecule has 0 spiro atoms. The van der Waals surface area contributed by atoms with Crippen LogP contribution in [0.1, 0.15) is 50.8 Å². The van der Waals surface area contributed by atoms with Crippen LogP contribution in [0.4, 0.5) is 0 Å². The van der Waals surface area contributed by atoms with Gasteiger partial charge in [-0.2, -0.15) is 0 Å². The molecule has 18 heavy (non-hydrogen) atoms. The molecule has 0 radical (unpaired) electrons. The minimum atomic E-state index is 0.203. The van der Waals surface area contributed by atoms with Crippen molar-refractivity contribution in [3.8, 4) is 0 Å². The zero-order valence-corrected chi connectivity index (χ0v) is 12.2. The van der Waals surface area contributed by atoms with Gasteiger partial charge >= 0.3 is 0 Å². The molecule has 2 heteroatoms. The summed E-state index contributed by atoms with van der Waals surface area (Å²) in [6, 6.07) is 9.10. The predicted molar refractivity (Wildman–Crippen MR) is 77.9 cm³/mol. The quantitative estimate of drug-likeness (QED) is 0.709. The molecule has 0 saturated carbocycles. The number of hydrogen-bond donors (Lipinski definition) is 1. The number of hydrogen-bond acceptors (Lipinski definition) is 2. The molecule has 1 aromatic carbocycles. The summed E-state index contributed by atoms with van der Waals surface area (Å²) in [4.78, 5) is 0. The van der Waals surface area contributed by atoms with Gasteiger partial charge in [-0.3, -0.25) is 0 Å². The zero-order valence-electron chi connectivity index (χ0n) is 12.2. The monoisotopic (exact) mass is 249 g/mol. The largest absolute Gasteiger partial charge is 0.377 e. The number of nitrogens with one attached hydrogen (secondary N) is 1. The van der Waals surface area contributed by atoms with Crippen LogP contribution in [-0.4, -0.2) is 19.8 Å². The lowest BCUT2D eigenvalue weighted by Crippen LogP contribution is -2.29. The van der Waals surface area contributed by atoms with E-state index in [9.17, 15) is 0 Å². The van der Waals surface area contributed by atoms with Gasteiger partial charge in [0.25, 0.3) is 0 Å². The van der Waals surface area contributed by atoms with E-state index in [0.29, 0.717) is 0 Å². The Morgan fingerprint density at radius 2 is 1.83 bits per heavy atom. The van der Waals surface area contributed by atoms with Gasteiger partial charge in [0.1, 0.15) is 0 Å². The maximum atomic E-state index is 5.88. The first-order valence-electron chi connectivity index (χ1n) is 7.10. The van der Waals surface area contributed by atoms with Crippen molar-refractivity contribution >= 4 is 0 Å². The normalized spacial score (nSPS) is 14.4. The van der Waals surface area contributed by atoms with E-state index in [1.54, 1.807) is 0 Å². The molecule has 1 rings (SSSR count). The molecule has 2 unspecified atom stereocenters. The van der Waals surface area contributed by atoms with Crippen molar-refractivity contribution in [3.63, 3.8) is 0 Å². The maximum Gasteiger partial charge on any atom is 0.0741 e. The van der Waals surface area contributed by atoms with Crippen molar-refractivity contribution in [2.24, 2.45) is 0 Å². The van der Waals surface area contributed by atoms with Crippen molar-refractivity contribution in [3.05, 3.63) is 35.4 Å². The smallest absolute Gasteiger partial charge is 0.0741 e. The van der Waals surface area contributed by atoms with Crippen LogP contribution in [0.5, 0.6) is 0 Å². The van der Waals surface area contributed by atoms with Gasteiger partial charge in [-0.15, -0.1) is 0 Å². The van der Waals surface area contributed by atoms with Gasteiger partial charge in [-0.1, -0.05) is 44.5 Å². The third kappa shape index (κ3) is 4.43. The fourth-order valence-electron chi connectivity index (χ4n) is 2.14. The van der Waals surface area contributed by atoms with Gasteiger partial charge in [-0.05, 0) is 37.9 Å². The van der Waals surface area contributed by atoms with Crippen molar-refractivity contribution < 1.29 is 4.74 Å². The number of ether oxygens (including phenoxy) is 1. The fourth-order valence-corrected chi connectivity index (χ4v) is 2.14. The van der Waals surface area contributed by atoms with E-state index in [-0.39, 0.29) is 12.1 Å². The lowest BCUT2D eigenvalue weighted by atomic mass is 10.0. The summed E-state index contributed by atoms with van der Waals surface area (Å²) in [5.74, 6) is 0. The highest BCUT2D eigenvalue weighted by Gasteiger charge is 2.17. The van der Waals surface area contributed by atoms with Crippen LogP contribution in [-0.2, 0) is 11.2 Å². The second-order valence-electron chi connectivity index (χ2n) is 4.79. The average molecular weight is 249 g/mol. The van der Waals surface area contributed by atoms with Gasteiger partial charge < -0.3 is 10.1 Å². The summed E-state index contributed by atoms with van der Waals surface area (Å²) in [5.41, 5.74) is 2.69. The average Bonchev–Trinajstić information content (AvgIpc) is 2.41. The summed E-state index contributed by atoms with van der Waals surface area (Å²) >= 11 is 0. The number of benzene rings is 1. The molecule has 1 aromatic rings. The highest BCUT2D eigenvalue weighted by atomic mass is 16.5. The standard InChI is InChI=1S/C16H27NO/c1-5-7-12-18-13(3)16(17-4)15-10-8-14(6-2)9-11-15/h8-11,13,16-17H,5-7,12H2,1-4H3. The molecule has 2 nitrogen and oxygen atoms in total. The molecule has 0 bridgehead atoms. The van der Waals surface area contributed by atoms with E-state index in [2.05, 4.69) is 50.4 Å². The topological polar surface area (TPSA) is 21.3 Å². The predicted octanol–water partition coefficient (Wildman–Crippen LogP) is 3.71. The molecule has 0 saturated heterocycles. The van der Waals surface area contributed by atoms with E-state index in [0.717, 1.165) is 19.4 Å². The summed E-state index contributed by atoms with van der Waals surface area (Å²) in [5, 5.41) is 3.36. The summed E-state index contributed by atoms with van der Waals surface area (Å²) in [7, 11) is 2.00. The summed E-state index contributed by atoms with van der Waals surface area (Å²) in [6.07, 6.45) is 3.61. The minimum Gasteiger partial charge on any atom is -0.377 e. The third-order valence-corrected chi connectivity index (χ3v) is 3.41. The molecule has 0 aliphatic carbocycles. The van der Waals surface area contributed by atoms with Crippen molar-refractivity contribution in [1.82, 2.24) is 5.32 Å². The number of unbranched alkanes of at least 4 members (excludes halogenated alkanes) is 1. The Morgan fingerprint density at radius 1 is 1.17 bits per heavy atom. The Labute approximate surface area is 112 Å².